The zero-order chi connectivity index (χ0) is 14.7. The summed E-state index contributed by atoms with van der Waals surface area (Å²) in [6.45, 7) is 0.728. The maximum absolute atomic E-state index is 12.0. The van der Waals surface area contributed by atoms with Gasteiger partial charge in [-0.25, -0.2) is 0 Å². The average Bonchev–Trinajstić information content (AvgIpc) is 2.90. The van der Waals surface area contributed by atoms with Crippen LogP contribution >= 0.6 is 11.6 Å². The van der Waals surface area contributed by atoms with Crippen LogP contribution in [-0.2, 0) is 11.2 Å². The number of carbonyl (C=O) groups excluding carboxylic acids is 1. The second-order valence-corrected chi connectivity index (χ2v) is 5.74. The Morgan fingerprint density at radius 1 is 1.10 bits per heavy atom. The van der Waals surface area contributed by atoms with Crippen LogP contribution < -0.4 is 4.90 Å². The molecule has 4 heteroatoms. The zero-order valence-electron chi connectivity index (χ0n) is 11.7. The van der Waals surface area contributed by atoms with E-state index in [2.05, 4.69) is 17.1 Å². The predicted molar refractivity (Wildman–Crippen MR) is 84.7 cm³/mol. The summed E-state index contributed by atoms with van der Waals surface area (Å²) >= 11 is 5.86. The van der Waals surface area contributed by atoms with E-state index in [1.165, 1.54) is 11.1 Å². The van der Waals surface area contributed by atoms with Crippen molar-refractivity contribution in [1.29, 1.82) is 0 Å². The second-order valence-electron chi connectivity index (χ2n) is 5.43. The van der Waals surface area contributed by atoms with Crippen molar-refractivity contribution in [2.24, 2.45) is 5.92 Å². The SMILES string of the molecule is O=C1CC(CCl)CN1c1ccc(Cc2ccncc2)cc1. The second kappa shape index (κ2) is 6.27. The van der Waals surface area contributed by atoms with Crippen molar-refractivity contribution in [2.45, 2.75) is 12.8 Å². The van der Waals surface area contributed by atoms with Gasteiger partial charge in [-0.15, -0.1) is 11.6 Å². The molecule has 2 aromatic rings. The molecule has 21 heavy (non-hydrogen) atoms. The topological polar surface area (TPSA) is 33.2 Å². The highest BCUT2D eigenvalue weighted by atomic mass is 35.5. The Balaban J connectivity index is 1.71. The summed E-state index contributed by atoms with van der Waals surface area (Å²) in [5.74, 6) is 0.987. The van der Waals surface area contributed by atoms with E-state index in [1.54, 1.807) is 12.4 Å². The highest BCUT2D eigenvalue weighted by Crippen LogP contribution is 2.26. The minimum atomic E-state index is 0.169. The van der Waals surface area contributed by atoms with Crippen LogP contribution in [-0.4, -0.2) is 23.3 Å². The Morgan fingerprint density at radius 3 is 2.38 bits per heavy atom. The van der Waals surface area contributed by atoms with Gasteiger partial charge in [0.25, 0.3) is 0 Å². The van der Waals surface area contributed by atoms with E-state index in [-0.39, 0.29) is 11.8 Å². The van der Waals surface area contributed by atoms with Gasteiger partial charge in [-0.2, -0.15) is 0 Å². The first kappa shape index (κ1) is 14.1. The summed E-state index contributed by atoms with van der Waals surface area (Å²) in [4.78, 5) is 17.8. The molecule has 1 amide bonds. The molecule has 0 N–H and O–H groups in total. The van der Waals surface area contributed by atoms with E-state index >= 15 is 0 Å². The molecule has 1 aliphatic heterocycles. The summed E-state index contributed by atoms with van der Waals surface area (Å²) in [6.07, 6.45) is 5.04. The van der Waals surface area contributed by atoms with Gasteiger partial charge >= 0.3 is 0 Å². The van der Waals surface area contributed by atoms with Crippen LogP contribution in [0.4, 0.5) is 5.69 Å². The standard InChI is InChI=1S/C17H17ClN2O/c18-11-15-10-17(21)20(12-15)16-3-1-13(2-4-16)9-14-5-7-19-8-6-14/h1-8,15H,9-12H2. The Bertz CT molecular complexity index is 612. The molecule has 0 saturated carbocycles. The van der Waals surface area contributed by atoms with Crippen molar-refractivity contribution < 1.29 is 4.79 Å². The van der Waals surface area contributed by atoms with E-state index in [1.807, 2.05) is 29.2 Å². The molecule has 2 heterocycles. The van der Waals surface area contributed by atoms with Crippen LogP contribution in [0.25, 0.3) is 0 Å². The maximum Gasteiger partial charge on any atom is 0.227 e. The monoisotopic (exact) mass is 300 g/mol. The van der Waals surface area contributed by atoms with Gasteiger partial charge in [0.1, 0.15) is 0 Å². The van der Waals surface area contributed by atoms with Crippen molar-refractivity contribution >= 4 is 23.2 Å². The molecular formula is C17H17ClN2O. The van der Waals surface area contributed by atoms with Crippen LogP contribution in [0.15, 0.2) is 48.8 Å². The van der Waals surface area contributed by atoms with Crippen LogP contribution in [0.2, 0.25) is 0 Å². The third-order valence-electron chi connectivity index (χ3n) is 3.83. The quantitative estimate of drug-likeness (QED) is 0.812. The van der Waals surface area contributed by atoms with Crippen molar-refractivity contribution in [1.82, 2.24) is 4.98 Å². The molecule has 1 unspecified atom stereocenters. The minimum Gasteiger partial charge on any atom is -0.312 e. The number of pyridine rings is 1. The summed E-state index contributed by atoms with van der Waals surface area (Å²) in [6, 6.07) is 12.2. The van der Waals surface area contributed by atoms with Crippen LogP contribution in [0.1, 0.15) is 17.5 Å². The number of aromatic nitrogens is 1. The number of alkyl halides is 1. The molecule has 3 nitrogen and oxygen atoms in total. The van der Waals surface area contributed by atoms with Crippen molar-refractivity contribution in [3.05, 3.63) is 59.9 Å². The summed E-state index contributed by atoms with van der Waals surface area (Å²) < 4.78 is 0. The predicted octanol–water partition coefficient (Wildman–Crippen LogP) is 3.26. The lowest BCUT2D eigenvalue weighted by atomic mass is 10.1. The molecule has 1 fully saturated rings. The minimum absolute atomic E-state index is 0.169. The molecule has 1 atom stereocenters. The first-order valence-corrected chi connectivity index (χ1v) is 7.64. The summed E-state index contributed by atoms with van der Waals surface area (Å²) in [5, 5.41) is 0. The van der Waals surface area contributed by atoms with Gasteiger partial charge in [0.2, 0.25) is 5.91 Å². The summed E-state index contributed by atoms with van der Waals surface area (Å²) in [5.41, 5.74) is 3.42. The van der Waals surface area contributed by atoms with Crippen molar-refractivity contribution in [2.75, 3.05) is 17.3 Å². The lowest BCUT2D eigenvalue weighted by Crippen LogP contribution is -2.24. The first-order chi connectivity index (χ1) is 10.3. The maximum atomic E-state index is 12.0. The molecular weight excluding hydrogens is 284 g/mol. The Labute approximate surface area is 129 Å². The van der Waals surface area contributed by atoms with E-state index in [0.717, 1.165) is 18.7 Å². The highest BCUT2D eigenvalue weighted by molar-refractivity contribution is 6.18. The number of halogens is 1. The van der Waals surface area contributed by atoms with Crippen LogP contribution in [0.5, 0.6) is 0 Å². The molecule has 1 aromatic heterocycles. The fraction of sp³-hybridized carbons (Fsp3) is 0.294. The highest BCUT2D eigenvalue weighted by Gasteiger charge is 2.29. The fourth-order valence-electron chi connectivity index (χ4n) is 2.66. The molecule has 0 spiro atoms. The Morgan fingerprint density at radius 2 is 1.76 bits per heavy atom. The number of carbonyl (C=O) groups is 1. The number of hydrogen-bond acceptors (Lipinski definition) is 2. The van der Waals surface area contributed by atoms with Gasteiger partial charge in [0.05, 0.1) is 0 Å². The van der Waals surface area contributed by atoms with Gasteiger partial charge in [-0.1, -0.05) is 12.1 Å². The lowest BCUT2D eigenvalue weighted by Gasteiger charge is -2.16. The average molecular weight is 301 g/mol. The lowest BCUT2D eigenvalue weighted by molar-refractivity contribution is -0.117. The summed E-state index contributed by atoms with van der Waals surface area (Å²) in [7, 11) is 0. The van der Waals surface area contributed by atoms with Gasteiger partial charge in [-0.05, 0) is 47.7 Å². The van der Waals surface area contributed by atoms with E-state index in [0.29, 0.717) is 12.3 Å². The Hall–Kier alpha value is -1.87. The van der Waals surface area contributed by atoms with Crippen LogP contribution in [0, 0.1) is 5.92 Å². The smallest absolute Gasteiger partial charge is 0.227 e. The number of benzene rings is 1. The van der Waals surface area contributed by atoms with E-state index < -0.39 is 0 Å². The number of nitrogens with zero attached hydrogens (tertiary/aromatic N) is 2. The van der Waals surface area contributed by atoms with Crippen LogP contribution in [0.3, 0.4) is 0 Å². The number of rotatable bonds is 4. The van der Waals surface area contributed by atoms with Crippen molar-refractivity contribution in [3.63, 3.8) is 0 Å². The largest absolute Gasteiger partial charge is 0.312 e. The molecule has 1 saturated heterocycles. The fourth-order valence-corrected chi connectivity index (χ4v) is 2.87. The molecule has 108 valence electrons. The Kier molecular flexibility index (Phi) is 4.20. The molecule has 3 rings (SSSR count). The number of amides is 1. The molecule has 0 aliphatic carbocycles. The molecule has 1 aromatic carbocycles. The van der Waals surface area contributed by atoms with E-state index in [9.17, 15) is 4.79 Å². The zero-order valence-corrected chi connectivity index (χ0v) is 12.5. The molecule has 1 aliphatic rings. The number of hydrogen-bond donors (Lipinski definition) is 0. The van der Waals surface area contributed by atoms with E-state index in [4.69, 9.17) is 11.6 Å². The first-order valence-electron chi connectivity index (χ1n) is 7.10. The van der Waals surface area contributed by atoms with Gasteiger partial charge < -0.3 is 4.90 Å². The van der Waals surface area contributed by atoms with Gasteiger partial charge in [0, 0.05) is 36.9 Å². The molecule has 0 radical (unpaired) electrons. The third-order valence-corrected chi connectivity index (χ3v) is 4.27. The number of anilines is 1. The third kappa shape index (κ3) is 3.24. The normalized spacial score (nSPS) is 18.2. The molecule has 0 bridgehead atoms. The van der Waals surface area contributed by atoms with Crippen molar-refractivity contribution in [3.8, 4) is 0 Å². The van der Waals surface area contributed by atoms with Gasteiger partial charge in [-0.3, -0.25) is 9.78 Å². The van der Waals surface area contributed by atoms with Gasteiger partial charge in [0.15, 0.2) is 0 Å².